The molecule has 0 aliphatic carbocycles. The zero-order chi connectivity index (χ0) is 17.2. The molecule has 5 heteroatoms. The van der Waals surface area contributed by atoms with Gasteiger partial charge in [-0.1, -0.05) is 12.0 Å². The molecular weight excluding hydrogens is 296 g/mol. The first-order valence-corrected chi connectivity index (χ1v) is 7.57. The minimum absolute atomic E-state index is 0.0835. The molecule has 0 amide bonds. The highest BCUT2D eigenvalue weighted by molar-refractivity contribution is 5.75. The first kappa shape index (κ1) is 18.9. The lowest BCUT2D eigenvalue weighted by atomic mass is 10.1. The van der Waals surface area contributed by atoms with Crippen LogP contribution in [-0.2, 0) is 20.7 Å². The number of rotatable bonds is 9. The van der Waals surface area contributed by atoms with Gasteiger partial charge in [-0.05, 0) is 38.5 Å². The Morgan fingerprint density at radius 1 is 1.30 bits per heavy atom. The Labute approximate surface area is 137 Å². The summed E-state index contributed by atoms with van der Waals surface area (Å²) in [6.07, 6.45) is 4.85. The van der Waals surface area contributed by atoms with Gasteiger partial charge in [-0.25, -0.2) is 4.79 Å². The summed E-state index contributed by atoms with van der Waals surface area (Å²) in [7, 11) is 1.56. The molecule has 0 fully saturated rings. The first-order chi connectivity index (χ1) is 11.0. The van der Waals surface area contributed by atoms with E-state index < -0.39 is 6.10 Å². The van der Waals surface area contributed by atoms with Crippen molar-refractivity contribution in [3.05, 3.63) is 23.8 Å². The lowest BCUT2D eigenvalue weighted by Gasteiger charge is -2.19. The smallest absolute Gasteiger partial charge is 0.335 e. The van der Waals surface area contributed by atoms with Crippen molar-refractivity contribution < 1.29 is 23.7 Å². The van der Waals surface area contributed by atoms with Gasteiger partial charge in [0.25, 0.3) is 0 Å². The number of esters is 1. The second kappa shape index (κ2) is 9.75. The van der Waals surface area contributed by atoms with Crippen LogP contribution in [0.4, 0.5) is 0 Å². The lowest BCUT2D eigenvalue weighted by Crippen LogP contribution is -2.31. The summed E-state index contributed by atoms with van der Waals surface area (Å²) in [5.41, 5.74) is 0.872. The van der Waals surface area contributed by atoms with E-state index in [2.05, 4.69) is 5.92 Å². The number of hydrogen-bond acceptors (Lipinski definition) is 5. The van der Waals surface area contributed by atoms with Crippen LogP contribution in [0.3, 0.4) is 0 Å². The van der Waals surface area contributed by atoms with Crippen molar-refractivity contribution in [3.8, 4) is 23.8 Å². The summed E-state index contributed by atoms with van der Waals surface area (Å²) in [6.45, 7) is 5.98. The van der Waals surface area contributed by atoms with Crippen LogP contribution in [0.2, 0.25) is 0 Å². The van der Waals surface area contributed by atoms with E-state index in [1.54, 1.807) is 26.2 Å². The molecule has 0 spiro atoms. The summed E-state index contributed by atoms with van der Waals surface area (Å²) >= 11 is 0. The van der Waals surface area contributed by atoms with Gasteiger partial charge in [-0.3, -0.25) is 0 Å². The van der Waals surface area contributed by atoms with Gasteiger partial charge < -0.3 is 18.9 Å². The van der Waals surface area contributed by atoms with Crippen LogP contribution in [0.5, 0.6) is 11.5 Å². The second-order valence-electron chi connectivity index (χ2n) is 5.11. The van der Waals surface area contributed by atoms with Crippen LogP contribution >= 0.6 is 0 Å². The Morgan fingerprint density at radius 2 is 2.04 bits per heavy atom. The van der Waals surface area contributed by atoms with E-state index >= 15 is 0 Å². The van der Waals surface area contributed by atoms with Crippen molar-refractivity contribution in [1.82, 2.24) is 0 Å². The van der Waals surface area contributed by atoms with Crippen LogP contribution in [0.1, 0.15) is 26.3 Å². The number of terminal acetylenes is 1. The molecular formula is C18H24O5. The quantitative estimate of drug-likeness (QED) is 0.517. The van der Waals surface area contributed by atoms with Crippen LogP contribution in [0.25, 0.3) is 0 Å². The summed E-state index contributed by atoms with van der Waals surface area (Å²) in [5.74, 6) is 3.16. The van der Waals surface area contributed by atoms with Gasteiger partial charge >= 0.3 is 5.97 Å². The molecule has 1 aromatic carbocycles. The monoisotopic (exact) mass is 320 g/mol. The highest BCUT2D eigenvalue weighted by atomic mass is 16.6. The Bertz CT molecular complexity index is 545. The first-order valence-electron chi connectivity index (χ1n) is 7.57. The average molecular weight is 320 g/mol. The third-order valence-corrected chi connectivity index (χ3v) is 2.95. The maximum Gasteiger partial charge on any atom is 0.335 e. The highest BCUT2D eigenvalue weighted by Gasteiger charge is 2.23. The maximum atomic E-state index is 12.0. The summed E-state index contributed by atoms with van der Waals surface area (Å²) in [6, 6.07) is 5.43. The third-order valence-electron chi connectivity index (χ3n) is 2.95. The molecule has 1 aromatic rings. The molecule has 0 saturated heterocycles. The molecule has 1 unspecified atom stereocenters. The number of carbonyl (C=O) groups is 1. The Hall–Kier alpha value is -2.19. The minimum atomic E-state index is -0.663. The van der Waals surface area contributed by atoms with Gasteiger partial charge in [0, 0.05) is 6.42 Å². The van der Waals surface area contributed by atoms with Gasteiger partial charge in [-0.15, -0.1) is 6.42 Å². The van der Waals surface area contributed by atoms with Gasteiger partial charge in [0.2, 0.25) is 0 Å². The predicted octanol–water partition coefficient (Wildman–Crippen LogP) is 2.61. The molecule has 23 heavy (non-hydrogen) atoms. The fourth-order valence-electron chi connectivity index (χ4n) is 2.05. The largest absolute Gasteiger partial charge is 0.493 e. The number of ether oxygens (including phenoxy) is 4. The molecule has 126 valence electrons. The van der Waals surface area contributed by atoms with E-state index in [1.165, 1.54) is 0 Å². The highest BCUT2D eigenvalue weighted by Crippen LogP contribution is 2.28. The molecule has 0 aromatic heterocycles. The number of methoxy groups -OCH3 is 1. The Kier molecular flexibility index (Phi) is 8.00. The van der Waals surface area contributed by atoms with Gasteiger partial charge in [0.15, 0.2) is 17.6 Å². The van der Waals surface area contributed by atoms with Crippen LogP contribution in [0, 0.1) is 12.3 Å². The average Bonchev–Trinajstić information content (AvgIpc) is 2.52. The SMILES string of the molecule is C#CCOc1cc(CC(OC(C)C)C(=O)OCC)ccc1OC. The third kappa shape index (κ3) is 6.21. The summed E-state index contributed by atoms with van der Waals surface area (Å²) < 4.78 is 21.4. The minimum Gasteiger partial charge on any atom is -0.493 e. The molecule has 0 N–H and O–H groups in total. The van der Waals surface area contributed by atoms with Crippen molar-refractivity contribution in [2.45, 2.75) is 39.4 Å². The molecule has 0 saturated carbocycles. The normalized spacial score (nSPS) is 11.7. The molecule has 1 atom stereocenters. The zero-order valence-electron chi connectivity index (χ0n) is 14.1. The molecule has 0 bridgehead atoms. The molecule has 0 heterocycles. The van der Waals surface area contributed by atoms with E-state index in [4.69, 9.17) is 25.4 Å². The molecule has 1 rings (SSSR count). The fourth-order valence-corrected chi connectivity index (χ4v) is 2.05. The Balaban J connectivity index is 2.94. The number of carbonyl (C=O) groups excluding carboxylic acids is 1. The lowest BCUT2D eigenvalue weighted by molar-refractivity contribution is -0.159. The van der Waals surface area contributed by atoms with E-state index in [9.17, 15) is 4.79 Å². The van der Waals surface area contributed by atoms with Crippen LogP contribution in [-0.4, -0.2) is 38.5 Å². The van der Waals surface area contributed by atoms with Crippen molar-refractivity contribution in [3.63, 3.8) is 0 Å². The van der Waals surface area contributed by atoms with E-state index in [0.29, 0.717) is 24.5 Å². The van der Waals surface area contributed by atoms with E-state index in [-0.39, 0.29) is 18.7 Å². The second-order valence-corrected chi connectivity index (χ2v) is 5.11. The van der Waals surface area contributed by atoms with E-state index in [0.717, 1.165) is 5.56 Å². The zero-order valence-corrected chi connectivity index (χ0v) is 14.1. The molecule has 0 aliphatic rings. The fraction of sp³-hybridized carbons (Fsp3) is 0.500. The molecule has 0 aliphatic heterocycles. The standard InChI is InChI=1S/C18H24O5/c1-6-10-22-16-11-14(8-9-15(16)20-5)12-17(23-13(3)4)18(19)21-7-2/h1,8-9,11,13,17H,7,10,12H2,2-5H3. The maximum absolute atomic E-state index is 12.0. The predicted molar refractivity (Wildman–Crippen MR) is 87.7 cm³/mol. The molecule has 5 nitrogen and oxygen atoms in total. The van der Waals surface area contributed by atoms with E-state index in [1.807, 2.05) is 19.9 Å². The summed E-state index contributed by atoms with van der Waals surface area (Å²) in [4.78, 5) is 12.0. The topological polar surface area (TPSA) is 54.0 Å². The number of benzene rings is 1. The van der Waals surface area contributed by atoms with Gasteiger partial charge in [0.1, 0.15) is 6.61 Å². The Morgan fingerprint density at radius 3 is 2.61 bits per heavy atom. The van der Waals surface area contributed by atoms with Crippen molar-refractivity contribution in [2.24, 2.45) is 0 Å². The van der Waals surface area contributed by atoms with Crippen molar-refractivity contribution in [1.29, 1.82) is 0 Å². The van der Waals surface area contributed by atoms with Crippen LogP contribution < -0.4 is 9.47 Å². The van der Waals surface area contributed by atoms with Crippen molar-refractivity contribution in [2.75, 3.05) is 20.3 Å². The number of hydrogen-bond donors (Lipinski definition) is 0. The van der Waals surface area contributed by atoms with Crippen molar-refractivity contribution >= 4 is 5.97 Å². The summed E-state index contributed by atoms with van der Waals surface area (Å²) in [5, 5.41) is 0. The van der Waals surface area contributed by atoms with Crippen LogP contribution in [0.15, 0.2) is 18.2 Å². The van der Waals surface area contributed by atoms with Gasteiger partial charge in [0.05, 0.1) is 19.8 Å². The molecule has 0 radical (unpaired) electrons. The van der Waals surface area contributed by atoms with Gasteiger partial charge in [-0.2, -0.15) is 0 Å².